The molecule has 1 aromatic rings. The molecule has 0 spiro atoms. The Bertz CT molecular complexity index is 566. The van der Waals surface area contributed by atoms with Gasteiger partial charge in [0.1, 0.15) is 5.75 Å². The average Bonchev–Trinajstić information content (AvgIpc) is 2.75. The number of nitro benzene ring substituents is 1. The molecule has 6 nitrogen and oxygen atoms in total. The first-order valence-corrected chi connectivity index (χ1v) is 8.19. The number of aryl methyl sites for hydroxylation is 1. The number of carbonyl (C=O) groups excluding carboxylic acids is 1. The summed E-state index contributed by atoms with van der Waals surface area (Å²) >= 11 is 0. The molecule has 1 atom stereocenters. The van der Waals surface area contributed by atoms with Gasteiger partial charge < -0.3 is 10.1 Å². The van der Waals surface area contributed by atoms with Crippen molar-refractivity contribution in [3.05, 3.63) is 33.9 Å². The van der Waals surface area contributed by atoms with Gasteiger partial charge in [-0.3, -0.25) is 14.9 Å². The summed E-state index contributed by atoms with van der Waals surface area (Å²) in [5, 5.41) is 13.9. The van der Waals surface area contributed by atoms with Crippen LogP contribution >= 0.6 is 0 Å². The Morgan fingerprint density at radius 1 is 1.30 bits per heavy atom. The fraction of sp³-hybridized carbons (Fsp3) is 0.588. The van der Waals surface area contributed by atoms with E-state index in [-0.39, 0.29) is 17.6 Å². The maximum atomic E-state index is 12.2. The monoisotopic (exact) mass is 320 g/mol. The summed E-state index contributed by atoms with van der Waals surface area (Å²) in [7, 11) is 0. The number of nitrogens with one attached hydrogen (secondary N) is 1. The van der Waals surface area contributed by atoms with Gasteiger partial charge in [-0.25, -0.2) is 0 Å². The van der Waals surface area contributed by atoms with Crippen LogP contribution in [0.4, 0.5) is 5.69 Å². The highest BCUT2D eigenvalue weighted by Gasteiger charge is 2.20. The average molecular weight is 320 g/mol. The normalized spacial score (nSPS) is 17.1. The molecule has 0 radical (unpaired) electrons. The Labute approximate surface area is 136 Å². The third-order valence-electron chi connectivity index (χ3n) is 4.25. The lowest BCUT2D eigenvalue weighted by molar-refractivity contribution is -0.385. The van der Waals surface area contributed by atoms with Gasteiger partial charge in [0.2, 0.25) is 0 Å². The molecule has 0 bridgehead atoms. The third kappa shape index (κ3) is 4.94. The van der Waals surface area contributed by atoms with Crippen molar-refractivity contribution in [2.75, 3.05) is 0 Å². The van der Waals surface area contributed by atoms with Gasteiger partial charge in [-0.05, 0) is 38.8 Å². The second kappa shape index (κ2) is 7.94. The van der Waals surface area contributed by atoms with Crippen LogP contribution in [0.25, 0.3) is 0 Å². The summed E-state index contributed by atoms with van der Waals surface area (Å²) in [4.78, 5) is 22.6. The topological polar surface area (TPSA) is 81.5 Å². The zero-order valence-corrected chi connectivity index (χ0v) is 13.7. The van der Waals surface area contributed by atoms with E-state index in [4.69, 9.17) is 4.74 Å². The first-order valence-electron chi connectivity index (χ1n) is 8.19. The summed E-state index contributed by atoms with van der Waals surface area (Å²) in [5.74, 6) is 0.338. The number of rotatable bonds is 5. The van der Waals surface area contributed by atoms with Crippen molar-refractivity contribution in [1.29, 1.82) is 0 Å². The minimum absolute atomic E-state index is 0.0490. The van der Waals surface area contributed by atoms with Gasteiger partial charge in [-0.15, -0.1) is 0 Å². The minimum Gasteiger partial charge on any atom is -0.481 e. The number of ether oxygens (including phenoxy) is 1. The fourth-order valence-corrected chi connectivity index (χ4v) is 2.91. The number of nitrogens with zero attached hydrogens (tertiary/aromatic N) is 1. The number of nitro groups is 1. The van der Waals surface area contributed by atoms with Crippen LogP contribution in [-0.2, 0) is 4.79 Å². The van der Waals surface area contributed by atoms with E-state index >= 15 is 0 Å². The van der Waals surface area contributed by atoms with Crippen LogP contribution in [0.2, 0.25) is 0 Å². The van der Waals surface area contributed by atoms with Gasteiger partial charge >= 0.3 is 0 Å². The third-order valence-corrected chi connectivity index (χ3v) is 4.25. The lowest BCUT2D eigenvalue weighted by Crippen LogP contribution is -2.42. The van der Waals surface area contributed by atoms with E-state index in [1.807, 2.05) is 0 Å². The molecular formula is C17H24N2O4. The first kappa shape index (κ1) is 17.2. The van der Waals surface area contributed by atoms with Crippen LogP contribution in [0, 0.1) is 17.0 Å². The summed E-state index contributed by atoms with van der Waals surface area (Å²) < 4.78 is 5.63. The van der Waals surface area contributed by atoms with E-state index in [0.717, 1.165) is 25.7 Å². The molecule has 1 aromatic carbocycles. The Kier molecular flexibility index (Phi) is 5.96. The molecule has 0 saturated heterocycles. The molecule has 23 heavy (non-hydrogen) atoms. The number of hydrogen-bond donors (Lipinski definition) is 1. The van der Waals surface area contributed by atoms with Crippen LogP contribution in [-0.4, -0.2) is 23.0 Å². The van der Waals surface area contributed by atoms with Crippen molar-refractivity contribution in [3.63, 3.8) is 0 Å². The van der Waals surface area contributed by atoms with Crippen LogP contribution in [0.15, 0.2) is 18.2 Å². The zero-order chi connectivity index (χ0) is 16.8. The van der Waals surface area contributed by atoms with Crippen LogP contribution < -0.4 is 10.1 Å². The predicted molar refractivity (Wildman–Crippen MR) is 87.6 cm³/mol. The number of carbonyl (C=O) groups is 1. The molecule has 1 unspecified atom stereocenters. The quantitative estimate of drug-likeness (QED) is 0.511. The molecule has 0 aliphatic heterocycles. The van der Waals surface area contributed by atoms with Crippen molar-refractivity contribution in [1.82, 2.24) is 5.32 Å². The molecule has 1 saturated carbocycles. The number of hydrogen-bond acceptors (Lipinski definition) is 4. The second-order valence-corrected chi connectivity index (χ2v) is 6.16. The maximum absolute atomic E-state index is 12.2. The number of amides is 1. The Hall–Kier alpha value is -2.11. The highest BCUT2D eigenvalue weighted by Crippen LogP contribution is 2.24. The van der Waals surface area contributed by atoms with E-state index in [1.165, 1.54) is 25.0 Å². The minimum atomic E-state index is -0.626. The van der Waals surface area contributed by atoms with Gasteiger partial charge in [0.25, 0.3) is 11.6 Å². The van der Waals surface area contributed by atoms with Crippen LogP contribution in [0.3, 0.4) is 0 Å². The lowest BCUT2D eigenvalue weighted by atomic mass is 10.1. The second-order valence-electron chi connectivity index (χ2n) is 6.16. The smallest absolute Gasteiger partial charge is 0.272 e. The molecular weight excluding hydrogens is 296 g/mol. The summed E-state index contributed by atoms with van der Waals surface area (Å²) in [6, 6.07) is 4.75. The van der Waals surface area contributed by atoms with Gasteiger partial charge in [-0.1, -0.05) is 25.7 Å². The summed E-state index contributed by atoms with van der Waals surface area (Å²) in [6.45, 7) is 3.35. The molecule has 1 aliphatic rings. The summed E-state index contributed by atoms with van der Waals surface area (Å²) in [5.41, 5.74) is 0.566. The van der Waals surface area contributed by atoms with E-state index < -0.39 is 11.0 Å². The van der Waals surface area contributed by atoms with Crippen LogP contribution in [0.5, 0.6) is 5.75 Å². The first-order chi connectivity index (χ1) is 11.0. The summed E-state index contributed by atoms with van der Waals surface area (Å²) in [6.07, 6.45) is 6.20. The Morgan fingerprint density at radius 2 is 1.96 bits per heavy atom. The molecule has 1 N–H and O–H groups in total. The molecule has 1 fully saturated rings. The van der Waals surface area contributed by atoms with Gasteiger partial charge in [0, 0.05) is 17.7 Å². The molecule has 1 aliphatic carbocycles. The van der Waals surface area contributed by atoms with Crippen molar-refractivity contribution < 1.29 is 14.5 Å². The number of benzene rings is 1. The lowest BCUT2D eigenvalue weighted by Gasteiger charge is -2.20. The highest BCUT2D eigenvalue weighted by atomic mass is 16.6. The molecule has 0 aromatic heterocycles. The fourth-order valence-electron chi connectivity index (χ4n) is 2.91. The van der Waals surface area contributed by atoms with E-state index in [1.54, 1.807) is 19.9 Å². The Balaban J connectivity index is 1.92. The van der Waals surface area contributed by atoms with Crippen LogP contribution in [0.1, 0.15) is 51.0 Å². The SMILES string of the molecule is Cc1cc(OC(C)C(=O)NC2CCCCCC2)ccc1[N+](=O)[O-]. The van der Waals surface area contributed by atoms with Crippen molar-refractivity contribution in [2.45, 2.75) is 64.5 Å². The van der Waals surface area contributed by atoms with Gasteiger partial charge in [-0.2, -0.15) is 0 Å². The maximum Gasteiger partial charge on any atom is 0.272 e. The predicted octanol–water partition coefficient (Wildman–Crippen LogP) is 3.51. The highest BCUT2D eigenvalue weighted by molar-refractivity contribution is 5.81. The Morgan fingerprint density at radius 3 is 2.52 bits per heavy atom. The molecule has 0 heterocycles. The standard InChI is InChI=1S/C17H24N2O4/c1-12-11-15(9-10-16(12)19(21)22)23-13(2)17(20)18-14-7-5-3-4-6-8-14/h9-11,13-14H,3-8H2,1-2H3,(H,18,20). The van der Waals surface area contributed by atoms with E-state index in [2.05, 4.69) is 5.32 Å². The van der Waals surface area contributed by atoms with E-state index in [0.29, 0.717) is 11.3 Å². The molecule has 126 valence electrons. The van der Waals surface area contributed by atoms with Crippen molar-refractivity contribution >= 4 is 11.6 Å². The molecule has 1 amide bonds. The van der Waals surface area contributed by atoms with Crippen molar-refractivity contribution in [2.24, 2.45) is 0 Å². The van der Waals surface area contributed by atoms with Gasteiger partial charge in [0.05, 0.1) is 4.92 Å². The zero-order valence-electron chi connectivity index (χ0n) is 13.7. The molecule has 6 heteroatoms. The van der Waals surface area contributed by atoms with Crippen molar-refractivity contribution in [3.8, 4) is 5.75 Å². The molecule has 2 rings (SSSR count). The van der Waals surface area contributed by atoms with Gasteiger partial charge in [0.15, 0.2) is 6.10 Å². The largest absolute Gasteiger partial charge is 0.481 e. The van der Waals surface area contributed by atoms with E-state index in [9.17, 15) is 14.9 Å².